The smallest absolute Gasteiger partial charge is 0.252 e. The number of nitrogens with one attached hydrogen (secondary N) is 1. The largest absolute Gasteiger partial charge is 0.349 e. The first-order valence-corrected chi connectivity index (χ1v) is 6.54. The van der Waals surface area contributed by atoms with Crippen LogP contribution >= 0.6 is 0 Å². The highest BCUT2D eigenvalue weighted by Gasteiger charge is 2.17. The van der Waals surface area contributed by atoms with Crippen molar-refractivity contribution in [2.45, 2.75) is 33.2 Å². The lowest BCUT2D eigenvalue weighted by molar-refractivity contribution is 0.0924. The molecule has 1 aromatic heterocycles. The molecule has 3 N–H and O–H groups in total. The van der Waals surface area contributed by atoms with Crippen molar-refractivity contribution in [1.82, 2.24) is 10.3 Å². The number of nitrogens with two attached hydrogens (primary N) is 1. The Bertz CT molecular complexity index is 486. The normalized spacial score (nSPS) is 11.6. The first-order valence-electron chi connectivity index (χ1n) is 6.54. The van der Waals surface area contributed by atoms with Crippen molar-refractivity contribution in [3.8, 4) is 11.8 Å². The molecule has 0 saturated heterocycles. The van der Waals surface area contributed by atoms with E-state index in [1.54, 1.807) is 18.5 Å². The molecule has 1 rings (SSSR count). The zero-order chi connectivity index (χ0) is 14.3. The lowest BCUT2D eigenvalue weighted by atomic mass is 10.0. The van der Waals surface area contributed by atoms with E-state index in [4.69, 9.17) is 5.73 Å². The first kappa shape index (κ1) is 15.2. The molecule has 0 aliphatic rings. The molecule has 0 saturated carbocycles. The number of pyridine rings is 1. The molecule has 1 amide bonds. The summed E-state index contributed by atoms with van der Waals surface area (Å²) in [6.45, 7) is 6.51. The topological polar surface area (TPSA) is 68.0 Å². The third-order valence-corrected chi connectivity index (χ3v) is 2.95. The van der Waals surface area contributed by atoms with Crippen molar-refractivity contribution in [2.75, 3.05) is 6.54 Å². The average Bonchev–Trinajstić information content (AvgIpc) is 2.42. The number of aromatic nitrogens is 1. The van der Waals surface area contributed by atoms with Crippen molar-refractivity contribution < 1.29 is 4.79 Å². The van der Waals surface area contributed by atoms with Gasteiger partial charge in [-0.15, -0.1) is 0 Å². The quantitative estimate of drug-likeness (QED) is 0.806. The molecule has 0 radical (unpaired) electrons. The molecule has 4 nitrogen and oxygen atoms in total. The Morgan fingerprint density at radius 1 is 1.53 bits per heavy atom. The monoisotopic (exact) mass is 259 g/mol. The Morgan fingerprint density at radius 3 is 2.84 bits per heavy atom. The molecule has 19 heavy (non-hydrogen) atoms. The number of carbonyl (C=O) groups excluding carboxylic acids is 1. The summed E-state index contributed by atoms with van der Waals surface area (Å²) in [5.74, 6) is 5.91. The van der Waals surface area contributed by atoms with Crippen molar-refractivity contribution in [1.29, 1.82) is 0 Å². The summed E-state index contributed by atoms with van der Waals surface area (Å²) in [6.07, 6.45) is 4.09. The first-order chi connectivity index (χ1) is 9.10. The highest BCUT2D eigenvalue weighted by Crippen LogP contribution is 2.10. The summed E-state index contributed by atoms with van der Waals surface area (Å²) >= 11 is 0. The van der Waals surface area contributed by atoms with E-state index >= 15 is 0 Å². The van der Waals surface area contributed by atoms with Gasteiger partial charge in [-0.2, -0.15) is 0 Å². The van der Waals surface area contributed by atoms with E-state index in [1.165, 1.54) is 0 Å². The number of carbonyl (C=O) groups is 1. The van der Waals surface area contributed by atoms with Crippen LogP contribution in [0.25, 0.3) is 0 Å². The fourth-order valence-electron chi connectivity index (χ4n) is 1.82. The van der Waals surface area contributed by atoms with E-state index in [-0.39, 0.29) is 18.5 Å². The molecule has 0 aliphatic carbocycles. The van der Waals surface area contributed by atoms with Crippen molar-refractivity contribution in [3.63, 3.8) is 0 Å². The van der Waals surface area contributed by atoms with Gasteiger partial charge in [0.1, 0.15) is 0 Å². The maximum atomic E-state index is 12.3. The molecule has 1 heterocycles. The van der Waals surface area contributed by atoms with Gasteiger partial charge in [-0.05, 0) is 18.4 Å². The lowest BCUT2D eigenvalue weighted by Crippen LogP contribution is -2.38. The van der Waals surface area contributed by atoms with Gasteiger partial charge in [0.05, 0.1) is 17.7 Å². The minimum absolute atomic E-state index is 0.107. The third-order valence-electron chi connectivity index (χ3n) is 2.95. The third kappa shape index (κ3) is 4.38. The highest BCUT2D eigenvalue weighted by atomic mass is 16.1. The molecule has 1 unspecified atom stereocenters. The minimum atomic E-state index is -0.107. The zero-order valence-corrected chi connectivity index (χ0v) is 11.7. The van der Waals surface area contributed by atoms with Crippen LogP contribution in [-0.2, 0) is 0 Å². The van der Waals surface area contributed by atoms with Gasteiger partial charge >= 0.3 is 0 Å². The van der Waals surface area contributed by atoms with E-state index in [1.807, 2.05) is 0 Å². The van der Waals surface area contributed by atoms with Gasteiger partial charge in [-0.3, -0.25) is 9.78 Å². The number of rotatable bonds is 4. The predicted octanol–water partition coefficient (Wildman–Crippen LogP) is 1.56. The second-order valence-corrected chi connectivity index (χ2v) is 4.66. The van der Waals surface area contributed by atoms with Crippen LogP contribution < -0.4 is 11.1 Å². The second kappa shape index (κ2) is 7.55. The zero-order valence-electron chi connectivity index (χ0n) is 11.7. The van der Waals surface area contributed by atoms with E-state index in [0.29, 0.717) is 17.0 Å². The van der Waals surface area contributed by atoms with Gasteiger partial charge in [0.15, 0.2) is 0 Å². The molecule has 4 heteroatoms. The maximum Gasteiger partial charge on any atom is 0.252 e. The summed E-state index contributed by atoms with van der Waals surface area (Å²) in [5, 5.41) is 3.03. The van der Waals surface area contributed by atoms with Gasteiger partial charge in [0.25, 0.3) is 5.91 Å². The summed E-state index contributed by atoms with van der Waals surface area (Å²) in [4.78, 5) is 16.3. The molecule has 0 spiro atoms. The van der Waals surface area contributed by atoms with E-state index < -0.39 is 0 Å². The van der Waals surface area contributed by atoms with Crippen LogP contribution in [0.2, 0.25) is 0 Å². The molecule has 0 fully saturated rings. The van der Waals surface area contributed by atoms with Gasteiger partial charge < -0.3 is 11.1 Å². The summed E-state index contributed by atoms with van der Waals surface area (Å²) in [5.41, 5.74) is 6.52. The number of hydrogen-bond donors (Lipinski definition) is 2. The Morgan fingerprint density at radius 2 is 2.26 bits per heavy atom. The van der Waals surface area contributed by atoms with Gasteiger partial charge in [-0.1, -0.05) is 32.6 Å². The average molecular weight is 259 g/mol. The van der Waals surface area contributed by atoms with Gasteiger partial charge in [-0.25, -0.2) is 0 Å². The molecular weight excluding hydrogens is 238 g/mol. The van der Waals surface area contributed by atoms with Gasteiger partial charge in [0, 0.05) is 18.4 Å². The van der Waals surface area contributed by atoms with E-state index in [9.17, 15) is 4.79 Å². The van der Waals surface area contributed by atoms with E-state index in [2.05, 4.69) is 42.9 Å². The van der Waals surface area contributed by atoms with Crippen molar-refractivity contribution in [2.24, 2.45) is 11.7 Å². The predicted molar refractivity (Wildman–Crippen MR) is 76.6 cm³/mol. The number of hydrogen-bond acceptors (Lipinski definition) is 3. The van der Waals surface area contributed by atoms with Crippen molar-refractivity contribution in [3.05, 3.63) is 29.6 Å². The van der Waals surface area contributed by atoms with Crippen LogP contribution in [0.15, 0.2) is 18.5 Å². The second-order valence-electron chi connectivity index (χ2n) is 4.66. The fourth-order valence-corrected chi connectivity index (χ4v) is 1.82. The van der Waals surface area contributed by atoms with Crippen LogP contribution in [0.3, 0.4) is 0 Å². The van der Waals surface area contributed by atoms with Crippen LogP contribution in [0.1, 0.15) is 43.1 Å². The molecule has 0 aromatic carbocycles. The summed E-state index contributed by atoms with van der Waals surface area (Å²) in [7, 11) is 0. The van der Waals surface area contributed by atoms with Crippen LogP contribution in [0.4, 0.5) is 0 Å². The molecule has 0 bridgehead atoms. The molecule has 1 aromatic rings. The molecule has 0 aliphatic heterocycles. The van der Waals surface area contributed by atoms with Crippen LogP contribution in [0.5, 0.6) is 0 Å². The maximum absolute atomic E-state index is 12.3. The standard InChI is InChI=1S/C15H21N3O/c1-4-14(11(2)3)18-15(19)13-7-9-17-10-12(13)6-5-8-16/h7,9-11,14H,4,8,16H2,1-3H3,(H,18,19). The highest BCUT2D eigenvalue weighted by molar-refractivity contribution is 5.96. The SMILES string of the molecule is CCC(NC(=O)c1ccncc1C#CCN)C(C)C. The van der Waals surface area contributed by atoms with Crippen LogP contribution in [-0.4, -0.2) is 23.5 Å². The Kier molecular flexibility index (Phi) is 6.04. The van der Waals surface area contributed by atoms with Crippen LogP contribution in [0, 0.1) is 17.8 Å². The Balaban J connectivity index is 2.93. The Hall–Kier alpha value is -1.86. The summed E-state index contributed by atoms with van der Waals surface area (Å²) in [6, 6.07) is 1.85. The molecular formula is C15H21N3O. The molecule has 1 atom stereocenters. The fraction of sp³-hybridized carbons (Fsp3) is 0.467. The summed E-state index contributed by atoms with van der Waals surface area (Å²) < 4.78 is 0. The Labute approximate surface area is 114 Å². The lowest BCUT2D eigenvalue weighted by Gasteiger charge is -2.20. The number of amides is 1. The van der Waals surface area contributed by atoms with Gasteiger partial charge in [0.2, 0.25) is 0 Å². The minimum Gasteiger partial charge on any atom is -0.349 e. The number of nitrogens with zero attached hydrogens (tertiary/aromatic N) is 1. The van der Waals surface area contributed by atoms with E-state index in [0.717, 1.165) is 6.42 Å². The molecule has 102 valence electrons. The van der Waals surface area contributed by atoms with Crippen molar-refractivity contribution >= 4 is 5.91 Å².